The van der Waals surface area contributed by atoms with E-state index in [4.69, 9.17) is 0 Å². The van der Waals surface area contributed by atoms with Gasteiger partial charge in [0.2, 0.25) is 5.91 Å². The normalized spacial score (nSPS) is 15.7. The van der Waals surface area contributed by atoms with E-state index < -0.39 is 6.10 Å². The van der Waals surface area contributed by atoms with Crippen molar-refractivity contribution in [3.63, 3.8) is 0 Å². The fraction of sp³-hybridized carbons (Fsp3) is 0.300. The van der Waals surface area contributed by atoms with Gasteiger partial charge < -0.3 is 15.4 Å². The molecule has 0 saturated heterocycles. The lowest BCUT2D eigenvalue weighted by Crippen LogP contribution is -2.15. The quantitative estimate of drug-likeness (QED) is 0.662. The second-order valence-corrected chi connectivity index (χ2v) is 6.66. The molecule has 0 bridgehead atoms. The summed E-state index contributed by atoms with van der Waals surface area (Å²) in [5.41, 5.74) is 3.31. The molecule has 5 heteroatoms. The van der Waals surface area contributed by atoms with Gasteiger partial charge in [0.05, 0.1) is 23.6 Å². The van der Waals surface area contributed by atoms with E-state index in [-0.39, 0.29) is 12.3 Å². The van der Waals surface area contributed by atoms with Crippen LogP contribution in [0, 0.1) is 0 Å². The zero-order valence-electron chi connectivity index (χ0n) is 13.9. The first-order valence-electron chi connectivity index (χ1n) is 8.71. The number of hydrogen-bond donors (Lipinski definition) is 3. The summed E-state index contributed by atoms with van der Waals surface area (Å²) in [5, 5.41) is 13.0. The van der Waals surface area contributed by atoms with Crippen LogP contribution < -0.4 is 5.32 Å². The zero-order valence-corrected chi connectivity index (χ0v) is 13.9. The number of aromatic nitrogens is 2. The number of H-pyrrole nitrogens is 1. The smallest absolute Gasteiger partial charge is 0.227 e. The highest BCUT2D eigenvalue weighted by Gasteiger charge is 2.22. The van der Waals surface area contributed by atoms with Gasteiger partial charge in [0.15, 0.2) is 0 Å². The van der Waals surface area contributed by atoms with Crippen molar-refractivity contribution in [2.24, 2.45) is 0 Å². The Morgan fingerprint density at radius 1 is 1.24 bits per heavy atom. The van der Waals surface area contributed by atoms with Gasteiger partial charge in [0.25, 0.3) is 0 Å². The molecule has 3 aromatic rings. The maximum Gasteiger partial charge on any atom is 0.227 e. The minimum absolute atomic E-state index is 0.0261. The minimum atomic E-state index is -0.803. The molecule has 0 aliphatic heterocycles. The van der Waals surface area contributed by atoms with Crippen LogP contribution in [0.5, 0.6) is 0 Å². The summed E-state index contributed by atoms with van der Waals surface area (Å²) in [5.74, 6) is 1.38. The summed E-state index contributed by atoms with van der Waals surface area (Å²) >= 11 is 0. The Bertz CT molecular complexity index is 884. The van der Waals surface area contributed by atoms with Gasteiger partial charge >= 0.3 is 0 Å². The Morgan fingerprint density at radius 2 is 2.04 bits per heavy atom. The summed E-state index contributed by atoms with van der Waals surface area (Å²) in [7, 11) is 0. The topological polar surface area (TPSA) is 78.0 Å². The molecule has 3 N–H and O–H groups in total. The van der Waals surface area contributed by atoms with Crippen molar-refractivity contribution >= 4 is 22.6 Å². The number of aromatic amines is 1. The first-order chi connectivity index (χ1) is 12.2. The van der Waals surface area contributed by atoms with Crippen LogP contribution in [0.2, 0.25) is 0 Å². The Balaban J connectivity index is 1.43. The van der Waals surface area contributed by atoms with Gasteiger partial charge in [0.1, 0.15) is 5.82 Å². The van der Waals surface area contributed by atoms with Gasteiger partial charge in [-0.2, -0.15) is 0 Å². The van der Waals surface area contributed by atoms with Crippen LogP contribution in [-0.4, -0.2) is 21.0 Å². The van der Waals surface area contributed by atoms with Crippen LogP contribution in [0.1, 0.15) is 49.1 Å². The standard InChI is InChI=1S/C20H21N3O2/c24-18(13-5-2-1-3-6-13)12-19(25)21-15-9-10-16-17(11-15)23-20(22-16)14-7-4-8-14/h1-3,5-6,9-11,14,18,24H,4,7-8,12H2,(H,21,25)(H,22,23). The number of hydrogen-bond acceptors (Lipinski definition) is 3. The number of carbonyl (C=O) groups excluding carboxylic acids is 1. The van der Waals surface area contributed by atoms with Gasteiger partial charge in [-0.05, 0) is 36.6 Å². The summed E-state index contributed by atoms with van der Waals surface area (Å²) in [6.07, 6.45) is 2.88. The third-order valence-corrected chi connectivity index (χ3v) is 4.84. The number of fused-ring (bicyclic) bond motifs is 1. The Kier molecular flexibility index (Phi) is 4.24. The highest BCUT2D eigenvalue weighted by Crippen LogP contribution is 2.35. The molecule has 1 atom stereocenters. The second kappa shape index (κ2) is 6.69. The molecule has 1 heterocycles. The van der Waals surface area contributed by atoms with E-state index in [0.717, 1.165) is 22.4 Å². The second-order valence-electron chi connectivity index (χ2n) is 6.66. The van der Waals surface area contributed by atoms with Gasteiger partial charge in [-0.3, -0.25) is 4.79 Å². The maximum absolute atomic E-state index is 12.2. The number of anilines is 1. The van der Waals surface area contributed by atoms with Gasteiger partial charge in [-0.15, -0.1) is 0 Å². The van der Waals surface area contributed by atoms with Crippen molar-refractivity contribution < 1.29 is 9.90 Å². The lowest BCUT2D eigenvalue weighted by Gasteiger charge is -2.22. The molecule has 128 valence electrons. The highest BCUT2D eigenvalue weighted by molar-refractivity contribution is 5.93. The lowest BCUT2D eigenvalue weighted by atomic mass is 9.85. The molecule has 1 saturated carbocycles. The van der Waals surface area contributed by atoms with Crippen molar-refractivity contribution in [3.05, 3.63) is 59.9 Å². The van der Waals surface area contributed by atoms with Gasteiger partial charge in [-0.25, -0.2) is 4.98 Å². The van der Waals surface area contributed by atoms with E-state index in [0.29, 0.717) is 11.6 Å². The van der Waals surface area contributed by atoms with Crippen LogP contribution in [0.25, 0.3) is 11.0 Å². The molecule has 5 nitrogen and oxygen atoms in total. The van der Waals surface area contributed by atoms with Crippen molar-refractivity contribution in [1.29, 1.82) is 0 Å². The van der Waals surface area contributed by atoms with Crippen LogP contribution in [0.15, 0.2) is 48.5 Å². The monoisotopic (exact) mass is 335 g/mol. The molecule has 4 rings (SSSR count). The maximum atomic E-state index is 12.2. The summed E-state index contributed by atoms with van der Waals surface area (Å²) < 4.78 is 0. The molecule has 1 fully saturated rings. The van der Waals surface area contributed by atoms with E-state index in [9.17, 15) is 9.90 Å². The molecular weight excluding hydrogens is 314 g/mol. The predicted octanol–water partition coefficient (Wildman–Crippen LogP) is 3.89. The third kappa shape index (κ3) is 3.42. The summed E-state index contributed by atoms with van der Waals surface area (Å²) in [4.78, 5) is 20.2. The number of carbonyl (C=O) groups is 1. The lowest BCUT2D eigenvalue weighted by molar-refractivity contribution is -0.118. The first-order valence-corrected chi connectivity index (χ1v) is 8.71. The number of nitrogens with one attached hydrogen (secondary N) is 2. The van der Waals surface area contributed by atoms with E-state index in [1.807, 2.05) is 48.5 Å². The fourth-order valence-electron chi connectivity index (χ4n) is 3.16. The number of amides is 1. The predicted molar refractivity (Wildman–Crippen MR) is 97.3 cm³/mol. The number of rotatable bonds is 5. The van der Waals surface area contributed by atoms with E-state index in [1.165, 1.54) is 19.3 Å². The van der Waals surface area contributed by atoms with Crippen LogP contribution in [0.3, 0.4) is 0 Å². The van der Waals surface area contributed by atoms with E-state index in [1.54, 1.807) is 0 Å². The molecule has 1 unspecified atom stereocenters. The number of benzene rings is 2. The number of imidazole rings is 1. The van der Waals surface area contributed by atoms with Gasteiger partial charge in [-0.1, -0.05) is 36.8 Å². The summed E-state index contributed by atoms with van der Waals surface area (Å²) in [6.45, 7) is 0. The summed E-state index contributed by atoms with van der Waals surface area (Å²) in [6, 6.07) is 14.9. The molecule has 2 aromatic carbocycles. The number of aliphatic hydroxyl groups excluding tert-OH is 1. The number of aliphatic hydroxyl groups is 1. The average Bonchev–Trinajstić information content (AvgIpc) is 2.96. The molecule has 1 aromatic heterocycles. The Hall–Kier alpha value is -2.66. The molecule has 1 aliphatic rings. The number of nitrogens with zero attached hydrogens (tertiary/aromatic N) is 1. The zero-order chi connectivity index (χ0) is 17.2. The van der Waals surface area contributed by atoms with E-state index >= 15 is 0 Å². The fourth-order valence-corrected chi connectivity index (χ4v) is 3.16. The molecule has 25 heavy (non-hydrogen) atoms. The van der Waals surface area contributed by atoms with Crippen molar-refractivity contribution in [3.8, 4) is 0 Å². The van der Waals surface area contributed by atoms with Crippen LogP contribution >= 0.6 is 0 Å². The molecule has 1 aliphatic carbocycles. The van der Waals surface area contributed by atoms with Gasteiger partial charge in [0, 0.05) is 11.6 Å². The average molecular weight is 335 g/mol. The molecule has 0 radical (unpaired) electrons. The van der Waals surface area contributed by atoms with Crippen molar-refractivity contribution in [2.75, 3.05) is 5.32 Å². The van der Waals surface area contributed by atoms with Crippen molar-refractivity contribution in [1.82, 2.24) is 9.97 Å². The third-order valence-electron chi connectivity index (χ3n) is 4.84. The SMILES string of the molecule is O=C(CC(O)c1ccccc1)Nc1ccc2nc(C3CCC3)[nH]c2c1. The van der Waals surface area contributed by atoms with E-state index in [2.05, 4.69) is 15.3 Å². The van der Waals surface area contributed by atoms with Crippen LogP contribution in [-0.2, 0) is 4.79 Å². The molecule has 1 amide bonds. The van der Waals surface area contributed by atoms with Crippen molar-refractivity contribution in [2.45, 2.75) is 37.7 Å². The Labute approximate surface area is 146 Å². The highest BCUT2D eigenvalue weighted by atomic mass is 16.3. The first kappa shape index (κ1) is 15.8. The van der Waals surface area contributed by atoms with Crippen LogP contribution in [0.4, 0.5) is 5.69 Å². The largest absolute Gasteiger partial charge is 0.388 e. The molecular formula is C20H21N3O2. The Morgan fingerprint density at radius 3 is 2.76 bits per heavy atom. The minimum Gasteiger partial charge on any atom is -0.388 e. The molecule has 0 spiro atoms.